The summed E-state index contributed by atoms with van der Waals surface area (Å²) in [7, 11) is 0. The number of nitro benzene ring substituents is 1. The number of carbonyl (C=O) groups is 1. The molecule has 1 rings (SSSR count). The highest BCUT2D eigenvalue weighted by Crippen LogP contribution is 2.16. The molecule has 0 saturated heterocycles. The fourth-order valence-corrected chi connectivity index (χ4v) is 1.13. The Kier molecular flexibility index (Phi) is 3.92. The SMILES string of the molecule is C=C(C)CNC(=O)c1ccc([N+](=O)[O-])cc1F. The Labute approximate surface area is 97.1 Å². The second-order valence-electron chi connectivity index (χ2n) is 3.56. The number of nitrogens with zero attached hydrogens (tertiary/aromatic N) is 1. The third-order valence-electron chi connectivity index (χ3n) is 1.96. The van der Waals surface area contributed by atoms with Crippen molar-refractivity contribution < 1.29 is 14.1 Å². The summed E-state index contributed by atoms with van der Waals surface area (Å²) in [5, 5.41) is 12.8. The van der Waals surface area contributed by atoms with E-state index in [-0.39, 0.29) is 17.8 Å². The number of rotatable bonds is 4. The van der Waals surface area contributed by atoms with E-state index in [2.05, 4.69) is 11.9 Å². The fourth-order valence-electron chi connectivity index (χ4n) is 1.13. The van der Waals surface area contributed by atoms with Gasteiger partial charge in [0, 0.05) is 12.6 Å². The van der Waals surface area contributed by atoms with Gasteiger partial charge in [-0.15, -0.1) is 0 Å². The minimum atomic E-state index is -0.918. The van der Waals surface area contributed by atoms with Crippen LogP contribution < -0.4 is 5.32 Å². The molecule has 0 fully saturated rings. The van der Waals surface area contributed by atoms with Crippen LogP contribution in [0.5, 0.6) is 0 Å². The van der Waals surface area contributed by atoms with Crippen molar-refractivity contribution >= 4 is 11.6 Å². The number of hydrogen-bond donors (Lipinski definition) is 1. The number of amides is 1. The molecule has 0 spiro atoms. The van der Waals surface area contributed by atoms with E-state index in [1.54, 1.807) is 6.92 Å². The second-order valence-corrected chi connectivity index (χ2v) is 3.56. The van der Waals surface area contributed by atoms with Crippen LogP contribution in [0.2, 0.25) is 0 Å². The summed E-state index contributed by atoms with van der Waals surface area (Å²) in [5.41, 5.74) is 0.108. The summed E-state index contributed by atoms with van der Waals surface area (Å²) < 4.78 is 13.4. The number of nitro groups is 1. The van der Waals surface area contributed by atoms with E-state index in [1.165, 1.54) is 0 Å². The number of carbonyl (C=O) groups excluding carboxylic acids is 1. The Morgan fingerprint density at radius 3 is 2.71 bits per heavy atom. The van der Waals surface area contributed by atoms with E-state index in [4.69, 9.17) is 0 Å². The third kappa shape index (κ3) is 3.37. The molecule has 0 aliphatic heterocycles. The molecule has 0 bridgehead atoms. The zero-order valence-corrected chi connectivity index (χ0v) is 9.20. The highest BCUT2D eigenvalue weighted by atomic mass is 19.1. The number of halogens is 1. The quantitative estimate of drug-likeness (QED) is 0.495. The maximum Gasteiger partial charge on any atom is 0.272 e. The van der Waals surface area contributed by atoms with Crippen LogP contribution in [-0.2, 0) is 0 Å². The monoisotopic (exact) mass is 238 g/mol. The molecule has 0 radical (unpaired) electrons. The first-order valence-electron chi connectivity index (χ1n) is 4.78. The fraction of sp³-hybridized carbons (Fsp3) is 0.182. The molecular formula is C11H11FN2O3. The molecule has 1 aromatic rings. The normalized spacial score (nSPS) is 9.76. The first kappa shape index (κ1) is 12.8. The summed E-state index contributed by atoms with van der Waals surface area (Å²) in [6.07, 6.45) is 0. The molecule has 0 saturated carbocycles. The maximum absolute atomic E-state index is 13.4. The summed E-state index contributed by atoms with van der Waals surface area (Å²) in [6.45, 7) is 5.53. The van der Waals surface area contributed by atoms with E-state index in [9.17, 15) is 19.3 Å². The van der Waals surface area contributed by atoms with Gasteiger partial charge in [0.25, 0.3) is 11.6 Å². The standard InChI is InChI=1S/C11H11FN2O3/c1-7(2)6-13-11(15)9-4-3-8(14(16)17)5-10(9)12/h3-5H,1,6H2,2H3,(H,13,15). The van der Waals surface area contributed by atoms with E-state index in [0.29, 0.717) is 0 Å². The first-order chi connectivity index (χ1) is 7.91. The molecule has 0 aliphatic carbocycles. The van der Waals surface area contributed by atoms with E-state index >= 15 is 0 Å². The number of non-ortho nitro benzene ring substituents is 1. The zero-order valence-electron chi connectivity index (χ0n) is 9.20. The van der Waals surface area contributed by atoms with Crippen LogP contribution in [0.4, 0.5) is 10.1 Å². The largest absolute Gasteiger partial charge is 0.348 e. The van der Waals surface area contributed by atoms with Crippen LogP contribution in [0.25, 0.3) is 0 Å². The molecule has 0 heterocycles. The van der Waals surface area contributed by atoms with Crippen LogP contribution in [0.15, 0.2) is 30.4 Å². The van der Waals surface area contributed by atoms with Crippen molar-refractivity contribution in [1.82, 2.24) is 5.32 Å². The summed E-state index contributed by atoms with van der Waals surface area (Å²) in [5.74, 6) is -1.54. The van der Waals surface area contributed by atoms with Gasteiger partial charge in [0.1, 0.15) is 5.82 Å². The smallest absolute Gasteiger partial charge is 0.272 e. The lowest BCUT2D eigenvalue weighted by atomic mass is 10.1. The van der Waals surface area contributed by atoms with Crippen molar-refractivity contribution in [3.63, 3.8) is 0 Å². The van der Waals surface area contributed by atoms with Crippen molar-refractivity contribution in [3.8, 4) is 0 Å². The van der Waals surface area contributed by atoms with Gasteiger partial charge in [-0.25, -0.2) is 4.39 Å². The average Bonchev–Trinajstić information content (AvgIpc) is 2.25. The Hall–Kier alpha value is -2.24. The van der Waals surface area contributed by atoms with Crippen LogP contribution in [-0.4, -0.2) is 17.4 Å². The van der Waals surface area contributed by atoms with Crippen molar-refractivity contribution in [2.75, 3.05) is 6.54 Å². The zero-order chi connectivity index (χ0) is 13.0. The minimum Gasteiger partial charge on any atom is -0.348 e. The molecular weight excluding hydrogens is 227 g/mol. The molecule has 90 valence electrons. The van der Waals surface area contributed by atoms with Gasteiger partial charge in [0.2, 0.25) is 0 Å². The van der Waals surface area contributed by atoms with E-state index < -0.39 is 16.6 Å². The molecule has 0 atom stereocenters. The van der Waals surface area contributed by atoms with Gasteiger partial charge in [-0.1, -0.05) is 12.2 Å². The van der Waals surface area contributed by atoms with Gasteiger partial charge in [-0.05, 0) is 13.0 Å². The summed E-state index contributed by atoms with van der Waals surface area (Å²) in [6, 6.07) is 2.88. The lowest BCUT2D eigenvalue weighted by Crippen LogP contribution is -2.25. The molecule has 5 nitrogen and oxygen atoms in total. The number of benzene rings is 1. The summed E-state index contributed by atoms with van der Waals surface area (Å²) in [4.78, 5) is 21.1. The Morgan fingerprint density at radius 1 is 1.59 bits per heavy atom. The van der Waals surface area contributed by atoms with Crippen LogP contribution in [0.1, 0.15) is 17.3 Å². The van der Waals surface area contributed by atoms with Crippen molar-refractivity contribution in [2.24, 2.45) is 0 Å². The lowest BCUT2D eigenvalue weighted by molar-refractivity contribution is -0.385. The molecule has 0 aliphatic rings. The van der Waals surface area contributed by atoms with Crippen molar-refractivity contribution in [3.05, 3.63) is 51.8 Å². The molecule has 6 heteroatoms. The maximum atomic E-state index is 13.4. The highest BCUT2D eigenvalue weighted by Gasteiger charge is 2.15. The van der Waals surface area contributed by atoms with Gasteiger partial charge >= 0.3 is 0 Å². The topological polar surface area (TPSA) is 72.2 Å². The molecule has 1 amide bonds. The first-order valence-corrected chi connectivity index (χ1v) is 4.78. The van der Waals surface area contributed by atoms with Gasteiger partial charge in [-0.2, -0.15) is 0 Å². The Bertz CT molecular complexity index is 486. The van der Waals surface area contributed by atoms with E-state index in [0.717, 1.165) is 23.8 Å². The van der Waals surface area contributed by atoms with Crippen LogP contribution in [0, 0.1) is 15.9 Å². The summed E-state index contributed by atoms with van der Waals surface area (Å²) >= 11 is 0. The molecule has 1 N–H and O–H groups in total. The number of hydrogen-bond acceptors (Lipinski definition) is 3. The van der Waals surface area contributed by atoms with Gasteiger partial charge in [0.15, 0.2) is 0 Å². The third-order valence-corrected chi connectivity index (χ3v) is 1.96. The van der Waals surface area contributed by atoms with Gasteiger partial charge in [-0.3, -0.25) is 14.9 Å². The predicted molar refractivity (Wildman–Crippen MR) is 60.2 cm³/mol. The van der Waals surface area contributed by atoms with Gasteiger partial charge < -0.3 is 5.32 Å². The van der Waals surface area contributed by atoms with Crippen LogP contribution >= 0.6 is 0 Å². The van der Waals surface area contributed by atoms with Crippen LogP contribution in [0.3, 0.4) is 0 Å². The van der Waals surface area contributed by atoms with Crippen molar-refractivity contribution in [2.45, 2.75) is 6.92 Å². The number of nitrogens with one attached hydrogen (secondary N) is 1. The van der Waals surface area contributed by atoms with Crippen molar-refractivity contribution in [1.29, 1.82) is 0 Å². The molecule has 0 unspecified atom stereocenters. The molecule has 0 aromatic heterocycles. The average molecular weight is 238 g/mol. The minimum absolute atomic E-state index is 0.225. The predicted octanol–water partition coefficient (Wildman–Crippen LogP) is 2.04. The second kappa shape index (κ2) is 5.20. The molecule has 17 heavy (non-hydrogen) atoms. The molecule has 1 aromatic carbocycles. The van der Waals surface area contributed by atoms with Gasteiger partial charge in [0.05, 0.1) is 16.6 Å². The van der Waals surface area contributed by atoms with E-state index in [1.807, 2.05) is 0 Å². The lowest BCUT2D eigenvalue weighted by Gasteiger charge is -2.05. The highest BCUT2D eigenvalue weighted by molar-refractivity contribution is 5.94. The Balaban J connectivity index is 2.88. The Morgan fingerprint density at radius 2 is 2.24 bits per heavy atom.